The van der Waals surface area contributed by atoms with Crippen molar-refractivity contribution in [2.45, 2.75) is 18.7 Å². The molecule has 4 aromatic rings. The van der Waals surface area contributed by atoms with Crippen LogP contribution in [0.15, 0.2) is 89.8 Å². The minimum absolute atomic E-state index is 0.0784. The number of ether oxygens (including phenoxy) is 2. The third-order valence-electron chi connectivity index (χ3n) is 5.80. The van der Waals surface area contributed by atoms with Gasteiger partial charge in [-0.2, -0.15) is 0 Å². The highest BCUT2D eigenvalue weighted by atomic mass is 35.5. The molecule has 4 rings (SSSR count). The Balaban J connectivity index is 1.71. The lowest BCUT2D eigenvalue weighted by Gasteiger charge is -2.26. The van der Waals surface area contributed by atoms with Gasteiger partial charge in [0.1, 0.15) is 22.9 Å². The second-order valence-corrected chi connectivity index (χ2v) is 11.4. The van der Waals surface area contributed by atoms with Gasteiger partial charge in [0.15, 0.2) is 5.75 Å². The molecule has 4 aromatic carbocycles. The molecule has 0 aliphatic heterocycles. The molecule has 0 aliphatic carbocycles. The normalized spacial score (nSPS) is 11.1. The predicted octanol–water partition coefficient (Wildman–Crippen LogP) is 7.25. The Kier molecular flexibility index (Phi) is 8.70. The largest absolute Gasteiger partial charge is 0.495 e. The lowest BCUT2D eigenvalue weighted by molar-refractivity contribution is -0.114. The Morgan fingerprint density at radius 2 is 1.62 bits per heavy atom. The summed E-state index contributed by atoms with van der Waals surface area (Å²) in [6.45, 7) is 3.01. The molecule has 0 unspecified atom stereocenters. The summed E-state index contributed by atoms with van der Waals surface area (Å²) in [6.07, 6.45) is 0. The number of anilines is 2. The molecule has 0 heterocycles. The van der Waals surface area contributed by atoms with E-state index >= 15 is 0 Å². The standard InChI is InChI=1S/C29H26Cl2N2O5S/c1-19-9-13-27(37-3)28(15-19)39(35,36)33(22-12-10-20(2)24(31)17-22)18-29(34)32-25-16-21(30)11-14-26(25)38-23-7-5-4-6-8-23/h4-17H,18H2,1-3H3,(H,32,34). The van der Waals surface area contributed by atoms with E-state index in [-0.39, 0.29) is 22.0 Å². The molecule has 10 heteroatoms. The fourth-order valence-corrected chi connectivity index (χ4v) is 5.78. The fraction of sp³-hybridized carbons (Fsp3) is 0.138. The summed E-state index contributed by atoms with van der Waals surface area (Å²) in [5.74, 6) is 0.423. The van der Waals surface area contributed by atoms with E-state index < -0.39 is 22.5 Å². The van der Waals surface area contributed by atoms with Gasteiger partial charge in [-0.15, -0.1) is 0 Å². The Morgan fingerprint density at radius 1 is 0.897 bits per heavy atom. The SMILES string of the molecule is COc1ccc(C)cc1S(=O)(=O)N(CC(=O)Nc1cc(Cl)ccc1Oc1ccccc1)c1ccc(C)c(Cl)c1. The number of halogens is 2. The van der Waals surface area contributed by atoms with Gasteiger partial charge in [0.05, 0.1) is 18.5 Å². The van der Waals surface area contributed by atoms with Gasteiger partial charge in [-0.25, -0.2) is 8.42 Å². The van der Waals surface area contributed by atoms with Gasteiger partial charge in [-0.1, -0.05) is 53.5 Å². The molecule has 1 N–H and O–H groups in total. The van der Waals surface area contributed by atoms with Gasteiger partial charge in [0.25, 0.3) is 10.0 Å². The van der Waals surface area contributed by atoms with Gasteiger partial charge < -0.3 is 14.8 Å². The molecule has 39 heavy (non-hydrogen) atoms. The number of amides is 1. The van der Waals surface area contributed by atoms with Crippen molar-refractivity contribution >= 4 is 50.5 Å². The van der Waals surface area contributed by atoms with Crippen molar-refractivity contribution in [1.82, 2.24) is 0 Å². The predicted molar refractivity (Wildman–Crippen MR) is 155 cm³/mol. The van der Waals surface area contributed by atoms with Crippen LogP contribution in [0.1, 0.15) is 11.1 Å². The molecule has 0 aliphatic rings. The number of nitrogens with zero attached hydrogens (tertiary/aromatic N) is 1. The zero-order valence-electron chi connectivity index (χ0n) is 21.4. The summed E-state index contributed by atoms with van der Waals surface area (Å²) < 4.78 is 40.2. The number of hydrogen-bond acceptors (Lipinski definition) is 5. The first-order valence-corrected chi connectivity index (χ1v) is 14.0. The van der Waals surface area contributed by atoms with E-state index in [1.54, 1.807) is 62.4 Å². The highest BCUT2D eigenvalue weighted by Gasteiger charge is 2.31. The number of para-hydroxylation sites is 1. The molecule has 0 fully saturated rings. The average molecular weight is 586 g/mol. The summed E-state index contributed by atoms with van der Waals surface area (Å²) in [5, 5.41) is 3.47. The van der Waals surface area contributed by atoms with Crippen LogP contribution in [0.3, 0.4) is 0 Å². The topological polar surface area (TPSA) is 84.9 Å². The first kappa shape index (κ1) is 28.3. The van der Waals surface area contributed by atoms with Gasteiger partial charge in [-0.05, 0) is 79.6 Å². The van der Waals surface area contributed by atoms with Crippen molar-refractivity contribution < 1.29 is 22.7 Å². The number of carbonyl (C=O) groups is 1. The molecular formula is C29H26Cl2N2O5S. The van der Waals surface area contributed by atoms with Crippen molar-refractivity contribution in [2.24, 2.45) is 0 Å². The van der Waals surface area contributed by atoms with E-state index in [4.69, 9.17) is 32.7 Å². The van der Waals surface area contributed by atoms with E-state index in [0.29, 0.717) is 27.1 Å². The number of sulfonamides is 1. The van der Waals surface area contributed by atoms with Crippen LogP contribution in [0.2, 0.25) is 10.0 Å². The van der Waals surface area contributed by atoms with E-state index in [0.717, 1.165) is 9.87 Å². The summed E-state index contributed by atoms with van der Waals surface area (Å²) in [7, 11) is -2.89. The van der Waals surface area contributed by atoms with Gasteiger partial charge in [-0.3, -0.25) is 9.10 Å². The second-order valence-electron chi connectivity index (χ2n) is 8.70. The Bertz CT molecular complexity index is 1610. The zero-order valence-corrected chi connectivity index (χ0v) is 23.8. The minimum Gasteiger partial charge on any atom is -0.495 e. The van der Waals surface area contributed by atoms with Crippen LogP contribution < -0.4 is 19.1 Å². The maximum atomic E-state index is 14.0. The monoisotopic (exact) mass is 584 g/mol. The molecule has 0 radical (unpaired) electrons. The number of hydrogen-bond donors (Lipinski definition) is 1. The van der Waals surface area contributed by atoms with Crippen LogP contribution in [-0.2, 0) is 14.8 Å². The number of rotatable bonds is 9. The molecule has 0 spiro atoms. The molecule has 1 amide bonds. The lowest BCUT2D eigenvalue weighted by Crippen LogP contribution is -2.38. The summed E-state index contributed by atoms with van der Waals surface area (Å²) in [6, 6.07) is 23.4. The number of aryl methyl sites for hydroxylation is 2. The van der Waals surface area contributed by atoms with E-state index in [2.05, 4.69) is 5.32 Å². The molecule has 0 bridgehead atoms. The highest BCUT2D eigenvalue weighted by Crippen LogP contribution is 2.34. The van der Waals surface area contributed by atoms with Crippen LogP contribution >= 0.6 is 23.2 Å². The molecule has 7 nitrogen and oxygen atoms in total. The molecule has 0 saturated carbocycles. The van der Waals surface area contributed by atoms with Crippen molar-refractivity contribution in [3.63, 3.8) is 0 Å². The molecular weight excluding hydrogens is 559 g/mol. The Labute approximate surface area is 237 Å². The Hall–Kier alpha value is -3.72. The molecule has 0 saturated heterocycles. The summed E-state index contributed by atoms with van der Waals surface area (Å²) >= 11 is 12.5. The number of carbonyl (C=O) groups excluding carboxylic acids is 1. The van der Waals surface area contributed by atoms with E-state index in [1.165, 1.54) is 25.3 Å². The maximum absolute atomic E-state index is 14.0. The molecule has 0 atom stereocenters. The van der Waals surface area contributed by atoms with Crippen molar-refractivity contribution in [3.05, 3.63) is 106 Å². The average Bonchev–Trinajstić information content (AvgIpc) is 2.91. The van der Waals surface area contributed by atoms with Crippen molar-refractivity contribution in [1.29, 1.82) is 0 Å². The van der Waals surface area contributed by atoms with Crippen LogP contribution in [0, 0.1) is 13.8 Å². The quantitative estimate of drug-likeness (QED) is 0.224. The smallest absolute Gasteiger partial charge is 0.268 e. The molecule has 0 aromatic heterocycles. The number of benzene rings is 4. The highest BCUT2D eigenvalue weighted by molar-refractivity contribution is 7.93. The first-order chi connectivity index (χ1) is 18.6. The van der Waals surface area contributed by atoms with Crippen LogP contribution in [0.5, 0.6) is 17.2 Å². The van der Waals surface area contributed by atoms with Gasteiger partial charge >= 0.3 is 0 Å². The van der Waals surface area contributed by atoms with Crippen LogP contribution in [-0.4, -0.2) is 28.0 Å². The Morgan fingerprint density at radius 3 is 2.31 bits per heavy atom. The number of nitrogens with one attached hydrogen (secondary N) is 1. The van der Waals surface area contributed by atoms with Crippen LogP contribution in [0.4, 0.5) is 11.4 Å². The first-order valence-electron chi connectivity index (χ1n) is 11.8. The second kappa shape index (κ2) is 12.0. The minimum atomic E-state index is -4.27. The van der Waals surface area contributed by atoms with Crippen molar-refractivity contribution in [2.75, 3.05) is 23.3 Å². The van der Waals surface area contributed by atoms with E-state index in [9.17, 15) is 13.2 Å². The third-order valence-corrected chi connectivity index (χ3v) is 8.24. The maximum Gasteiger partial charge on any atom is 0.268 e. The zero-order chi connectivity index (χ0) is 28.2. The summed E-state index contributed by atoms with van der Waals surface area (Å²) in [4.78, 5) is 13.3. The lowest BCUT2D eigenvalue weighted by atomic mass is 10.2. The van der Waals surface area contributed by atoms with Crippen molar-refractivity contribution in [3.8, 4) is 17.2 Å². The molecule has 202 valence electrons. The van der Waals surface area contributed by atoms with Crippen LogP contribution in [0.25, 0.3) is 0 Å². The third kappa shape index (κ3) is 6.65. The fourth-order valence-electron chi connectivity index (χ4n) is 3.78. The van der Waals surface area contributed by atoms with Gasteiger partial charge in [0.2, 0.25) is 5.91 Å². The number of methoxy groups -OCH3 is 1. The summed E-state index contributed by atoms with van der Waals surface area (Å²) in [5.41, 5.74) is 1.97. The van der Waals surface area contributed by atoms with Gasteiger partial charge in [0, 0.05) is 10.0 Å². The van der Waals surface area contributed by atoms with E-state index in [1.807, 2.05) is 18.2 Å².